The van der Waals surface area contributed by atoms with E-state index in [0.717, 1.165) is 5.32 Å². The number of carbonyl (C=O) groups excluding carboxylic acids is 1. The Morgan fingerprint density at radius 3 is 1.43 bits per heavy atom. The first-order chi connectivity index (χ1) is 16.5. The highest BCUT2D eigenvalue weighted by Gasteiger charge is 2.90. The summed E-state index contributed by atoms with van der Waals surface area (Å²) in [6.45, 7) is 2.24. The van der Waals surface area contributed by atoms with Gasteiger partial charge < -0.3 is 23.9 Å². The molecule has 0 aromatic rings. The number of nitrogens with one attached hydrogen (secondary N) is 2. The van der Waals surface area contributed by atoms with Crippen LogP contribution in [-0.4, -0.2) is 83.5 Å². The van der Waals surface area contributed by atoms with E-state index in [9.17, 15) is 61.9 Å². The molecule has 0 saturated carbocycles. The minimum atomic E-state index is -7.99. The van der Waals surface area contributed by atoms with Crippen molar-refractivity contribution in [3.63, 3.8) is 0 Å². The van der Waals surface area contributed by atoms with Crippen molar-refractivity contribution >= 4 is 14.8 Å². The maximum absolute atomic E-state index is 13.7. The summed E-state index contributed by atoms with van der Waals surface area (Å²) < 4.78 is 186. The molecule has 20 heteroatoms. The van der Waals surface area contributed by atoms with Crippen LogP contribution >= 0.6 is 0 Å². The highest BCUT2D eigenvalue weighted by atomic mass is 28.4. The van der Waals surface area contributed by atoms with Crippen LogP contribution in [0.3, 0.4) is 0 Å². The van der Waals surface area contributed by atoms with Crippen molar-refractivity contribution in [2.24, 2.45) is 0 Å². The number of hydrogen-bond acceptors (Lipinski definition) is 4. The number of amides is 2. The third-order valence-electron chi connectivity index (χ3n) is 4.51. The summed E-state index contributed by atoms with van der Waals surface area (Å²) in [5.41, 5.74) is 0. The second-order valence-electron chi connectivity index (χ2n) is 7.19. The molecule has 0 rings (SSSR count). The molecule has 0 unspecified atom stereocenters. The lowest BCUT2D eigenvalue weighted by Crippen LogP contribution is -2.71. The largest absolute Gasteiger partial charge is 0.500 e. The predicted octanol–water partition coefficient (Wildman–Crippen LogP) is 5.46. The Bertz CT molecular complexity index is 721. The Morgan fingerprint density at radius 1 is 0.649 bits per heavy atom. The second kappa shape index (κ2) is 12.5. The van der Waals surface area contributed by atoms with Gasteiger partial charge in [-0.1, -0.05) is 0 Å². The monoisotopic (exact) mass is 596 g/mol. The summed E-state index contributed by atoms with van der Waals surface area (Å²) in [4.78, 5) is 11.6. The van der Waals surface area contributed by atoms with E-state index in [0.29, 0.717) is 0 Å². The Balaban J connectivity index is 5.30. The van der Waals surface area contributed by atoms with Gasteiger partial charge in [0.2, 0.25) is 0 Å². The van der Waals surface area contributed by atoms with Crippen LogP contribution in [-0.2, 0) is 13.3 Å². The Kier molecular flexibility index (Phi) is 12.0. The fraction of sp³-hybridized carbons (Fsp3) is 0.941. The van der Waals surface area contributed by atoms with Crippen LogP contribution < -0.4 is 10.6 Å². The van der Waals surface area contributed by atoms with E-state index in [1.807, 2.05) is 5.32 Å². The fourth-order valence-corrected chi connectivity index (χ4v) is 5.29. The lowest BCUT2D eigenvalue weighted by atomic mass is 9.94. The maximum Gasteiger partial charge on any atom is 0.500 e. The van der Waals surface area contributed by atoms with Crippen LogP contribution in [0, 0.1) is 0 Å². The minimum absolute atomic E-state index is 0.00299. The summed E-state index contributed by atoms with van der Waals surface area (Å²) in [7, 11) is -3.20. The first-order valence-electron chi connectivity index (χ1n) is 10.4. The van der Waals surface area contributed by atoms with E-state index in [1.165, 1.54) is 0 Å². The van der Waals surface area contributed by atoms with E-state index >= 15 is 0 Å². The van der Waals surface area contributed by atoms with E-state index in [-0.39, 0.29) is 38.8 Å². The zero-order valence-corrected chi connectivity index (χ0v) is 20.5. The van der Waals surface area contributed by atoms with Crippen molar-refractivity contribution in [1.82, 2.24) is 10.6 Å². The second-order valence-corrected chi connectivity index (χ2v) is 9.93. The molecule has 0 aliphatic heterocycles. The van der Waals surface area contributed by atoms with Gasteiger partial charge in [-0.2, -0.15) is 57.1 Å². The highest BCUT2D eigenvalue weighted by molar-refractivity contribution is 6.60. The lowest BCUT2D eigenvalue weighted by molar-refractivity contribution is -0.439. The first-order valence-corrected chi connectivity index (χ1v) is 12.4. The van der Waals surface area contributed by atoms with Crippen molar-refractivity contribution in [3.8, 4) is 0 Å². The van der Waals surface area contributed by atoms with Gasteiger partial charge in [0.05, 0.1) is 6.54 Å². The van der Waals surface area contributed by atoms with Crippen molar-refractivity contribution in [3.05, 3.63) is 0 Å². The quantitative estimate of drug-likeness (QED) is 0.141. The molecule has 0 bridgehead atoms. The minimum Gasteiger partial charge on any atom is -0.374 e. The third kappa shape index (κ3) is 7.52. The van der Waals surface area contributed by atoms with Crippen LogP contribution in [0.15, 0.2) is 0 Å². The number of halogens is 13. The summed E-state index contributed by atoms with van der Waals surface area (Å²) in [5, 5.41) is 2.79. The molecule has 6 nitrogen and oxygen atoms in total. The molecule has 0 heterocycles. The van der Waals surface area contributed by atoms with Gasteiger partial charge in [0.25, 0.3) is 0 Å². The predicted molar refractivity (Wildman–Crippen MR) is 102 cm³/mol. The highest BCUT2D eigenvalue weighted by Crippen LogP contribution is 2.60. The van der Waals surface area contributed by atoms with E-state index in [2.05, 4.69) is 0 Å². The summed E-state index contributed by atoms with van der Waals surface area (Å²) in [5.74, 6) is -37.6. The van der Waals surface area contributed by atoms with Crippen molar-refractivity contribution in [2.75, 3.05) is 32.9 Å². The number of hydrogen-bond donors (Lipinski definition) is 2. The van der Waals surface area contributed by atoms with Gasteiger partial charge in [0.15, 0.2) is 0 Å². The third-order valence-corrected chi connectivity index (χ3v) is 7.66. The van der Waals surface area contributed by atoms with Crippen molar-refractivity contribution in [1.29, 1.82) is 0 Å². The average molecular weight is 596 g/mol. The molecule has 0 aliphatic carbocycles. The van der Waals surface area contributed by atoms with Gasteiger partial charge in [0, 0.05) is 32.4 Å². The molecule has 0 fully saturated rings. The molecule has 0 atom stereocenters. The Morgan fingerprint density at radius 2 is 1.05 bits per heavy atom. The van der Waals surface area contributed by atoms with Gasteiger partial charge in [-0.25, -0.2) is 4.79 Å². The number of alkyl halides is 13. The molecular formula is C17H25F13N2O4Si. The molecule has 0 aromatic heterocycles. The van der Waals surface area contributed by atoms with Crippen molar-refractivity contribution in [2.45, 2.75) is 69.0 Å². The van der Waals surface area contributed by atoms with Crippen LogP contribution in [0.5, 0.6) is 0 Å². The van der Waals surface area contributed by atoms with Crippen LogP contribution in [0.1, 0.15) is 27.2 Å². The molecule has 0 aliphatic rings. The van der Waals surface area contributed by atoms with Crippen LogP contribution in [0.4, 0.5) is 61.9 Å². The molecular weight excluding hydrogens is 571 g/mol. The molecule has 0 radical (unpaired) electrons. The summed E-state index contributed by atoms with van der Waals surface area (Å²) in [6.07, 6.45) is -7.49. The first kappa shape index (κ1) is 35.5. The molecule has 0 aromatic carbocycles. The molecule has 37 heavy (non-hydrogen) atoms. The van der Waals surface area contributed by atoms with E-state index in [1.54, 1.807) is 20.8 Å². The average Bonchev–Trinajstić information content (AvgIpc) is 2.74. The normalized spacial score (nSPS) is 14.6. The maximum atomic E-state index is 13.7. The zero-order valence-electron chi connectivity index (χ0n) is 19.5. The van der Waals surface area contributed by atoms with E-state index in [4.69, 9.17) is 13.3 Å². The van der Waals surface area contributed by atoms with Gasteiger partial charge in [0.1, 0.15) is 0 Å². The Hall–Kier alpha value is -1.54. The molecule has 0 spiro atoms. The van der Waals surface area contributed by atoms with Gasteiger partial charge >= 0.3 is 50.6 Å². The standard InChI is InChI=1S/C17H25F13N2O4Si/c1-4-34-37(35-5-2,36-6-3)9-7-8-31-11(33)32-10-12(18,19)13(20,21)14(22,23)15(24,25)16(26,27)17(28,29)30/h4-10H2,1-3H3,(H2,31,32,33). The Labute approximate surface area is 203 Å². The van der Waals surface area contributed by atoms with Gasteiger partial charge in [-0.15, -0.1) is 0 Å². The van der Waals surface area contributed by atoms with Crippen molar-refractivity contribution < 1.29 is 75.1 Å². The number of carbonyl (C=O) groups is 1. The molecule has 2 amide bonds. The van der Waals surface area contributed by atoms with Gasteiger partial charge in [-0.05, 0) is 27.2 Å². The topological polar surface area (TPSA) is 68.8 Å². The SMILES string of the molecule is CCO[Si](CCCNC(=O)NCC(F)(F)C(F)(F)C(F)(F)C(F)(F)C(F)(F)C(F)(F)F)(OCC)OCC. The van der Waals surface area contributed by atoms with Crippen LogP contribution in [0.2, 0.25) is 6.04 Å². The zero-order chi connectivity index (χ0) is 29.6. The lowest BCUT2D eigenvalue weighted by Gasteiger charge is -2.39. The fourth-order valence-electron chi connectivity index (χ4n) is 2.67. The number of urea groups is 1. The van der Waals surface area contributed by atoms with Gasteiger partial charge in [-0.3, -0.25) is 0 Å². The molecule has 2 N–H and O–H groups in total. The summed E-state index contributed by atoms with van der Waals surface area (Å²) >= 11 is 0. The van der Waals surface area contributed by atoms with E-state index < -0.39 is 57.2 Å². The molecule has 222 valence electrons. The summed E-state index contributed by atoms with van der Waals surface area (Å²) in [6, 6.07) is -1.63. The smallest absolute Gasteiger partial charge is 0.374 e. The molecule has 0 saturated heterocycles. The van der Waals surface area contributed by atoms with Crippen LogP contribution in [0.25, 0.3) is 0 Å². The number of rotatable bonds is 16.